The van der Waals surface area contributed by atoms with Crippen LogP contribution < -0.4 is 5.73 Å². The Morgan fingerprint density at radius 3 is 2.44 bits per heavy atom. The zero-order chi connectivity index (χ0) is 6.91. The summed E-state index contributed by atoms with van der Waals surface area (Å²) in [5, 5.41) is 8.53. The van der Waals surface area contributed by atoms with Gasteiger partial charge in [-0.1, -0.05) is 0 Å². The number of ether oxygens (including phenoxy) is 1. The van der Waals surface area contributed by atoms with Crippen LogP contribution in [0.1, 0.15) is 12.8 Å². The van der Waals surface area contributed by atoms with Gasteiger partial charge in [0, 0.05) is 0 Å². The molecular formula is C6H11NO2. The molecular weight excluding hydrogens is 118 g/mol. The van der Waals surface area contributed by atoms with Crippen molar-refractivity contribution in [2.75, 3.05) is 7.11 Å². The van der Waals surface area contributed by atoms with Gasteiger partial charge < -0.3 is 15.6 Å². The predicted molar refractivity (Wildman–Crippen MR) is 33.9 cm³/mol. The van der Waals surface area contributed by atoms with Crippen LogP contribution in [0.15, 0.2) is 12.0 Å². The van der Waals surface area contributed by atoms with Crippen molar-refractivity contribution in [2.24, 2.45) is 5.73 Å². The van der Waals surface area contributed by atoms with Gasteiger partial charge in [-0.15, -0.1) is 0 Å². The summed E-state index contributed by atoms with van der Waals surface area (Å²) in [6, 6.07) is 0. The highest BCUT2D eigenvalue weighted by molar-refractivity contribution is 5.20. The predicted octanol–water partition coefficient (Wildman–Crippen LogP) is 0.523. The standard InChI is InChI=1S/C6H11NO2/c1-9-5(4-8)6(7)2-3-6/h4,8H,2-3,7H2,1H3/b5-4+. The second-order valence-electron chi connectivity index (χ2n) is 2.35. The van der Waals surface area contributed by atoms with E-state index in [1.54, 1.807) is 0 Å². The molecule has 1 saturated carbocycles. The van der Waals surface area contributed by atoms with E-state index in [1.165, 1.54) is 7.11 Å². The second kappa shape index (κ2) is 1.92. The van der Waals surface area contributed by atoms with Crippen molar-refractivity contribution in [1.82, 2.24) is 0 Å². The Morgan fingerprint density at radius 1 is 1.78 bits per heavy atom. The molecule has 1 rings (SSSR count). The molecule has 0 aromatic carbocycles. The van der Waals surface area contributed by atoms with Gasteiger partial charge in [-0.2, -0.15) is 0 Å². The molecule has 0 aliphatic heterocycles. The number of rotatable bonds is 2. The van der Waals surface area contributed by atoms with Gasteiger partial charge in [0.1, 0.15) is 12.0 Å². The van der Waals surface area contributed by atoms with E-state index in [9.17, 15) is 0 Å². The van der Waals surface area contributed by atoms with Crippen molar-refractivity contribution in [3.05, 3.63) is 12.0 Å². The second-order valence-corrected chi connectivity index (χ2v) is 2.35. The Balaban J connectivity index is 2.58. The summed E-state index contributed by atoms with van der Waals surface area (Å²) in [7, 11) is 1.51. The lowest BCUT2D eigenvalue weighted by atomic mass is 10.2. The van der Waals surface area contributed by atoms with Gasteiger partial charge in [0.15, 0.2) is 0 Å². The minimum atomic E-state index is -0.344. The maximum Gasteiger partial charge on any atom is 0.149 e. The first-order valence-electron chi connectivity index (χ1n) is 2.91. The lowest BCUT2D eigenvalue weighted by Gasteiger charge is -2.09. The van der Waals surface area contributed by atoms with E-state index in [4.69, 9.17) is 15.6 Å². The monoisotopic (exact) mass is 129 g/mol. The molecule has 0 aromatic heterocycles. The average Bonchev–Trinajstić information content (AvgIpc) is 2.52. The van der Waals surface area contributed by atoms with E-state index in [0.29, 0.717) is 5.76 Å². The Labute approximate surface area is 54.1 Å². The SMILES string of the molecule is CO/C(=C/O)C1(N)CC1. The fourth-order valence-electron chi connectivity index (χ4n) is 0.766. The van der Waals surface area contributed by atoms with Crippen LogP contribution in [0.2, 0.25) is 0 Å². The quantitative estimate of drug-likeness (QED) is 0.534. The molecule has 1 aliphatic carbocycles. The van der Waals surface area contributed by atoms with Crippen molar-refractivity contribution < 1.29 is 9.84 Å². The first-order chi connectivity index (χ1) is 4.23. The van der Waals surface area contributed by atoms with E-state index in [-0.39, 0.29) is 5.54 Å². The highest BCUT2D eigenvalue weighted by Crippen LogP contribution is 2.39. The van der Waals surface area contributed by atoms with Crippen molar-refractivity contribution in [3.63, 3.8) is 0 Å². The van der Waals surface area contributed by atoms with Crippen LogP contribution in [0.4, 0.5) is 0 Å². The highest BCUT2D eigenvalue weighted by atomic mass is 16.5. The van der Waals surface area contributed by atoms with Crippen LogP contribution in [-0.2, 0) is 4.74 Å². The molecule has 0 aromatic rings. The number of methoxy groups -OCH3 is 1. The molecule has 0 bridgehead atoms. The van der Waals surface area contributed by atoms with E-state index in [1.807, 2.05) is 0 Å². The Hall–Kier alpha value is -0.700. The Kier molecular flexibility index (Phi) is 1.37. The van der Waals surface area contributed by atoms with Crippen molar-refractivity contribution >= 4 is 0 Å². The van der Waals surface area contributed by atoms with Gasteiger partial charge in [-0.05, 0) is 12.8 Å². The third-order valence-corrected chi connectivity index (χ3v) is 1.62. The van der Waals surface area contributed by atoms with Crippen LogP contribution in [0, 0.1) is 0 Å². The summed E-state index contributed by atoms with van der Waals surface area (Å²) >= 11 is 0. The lowest BCUT2D eigenvalue weighted by Crippen LogP contribution is -2.25. The molecule has 0 amide bonds. The fourth-order valence-corrected chi connectivity index (χ4v) is 0.766. The third-order valence-electron chi connectivity index (χ3n) is 1.62. The summed E-state index contributed by atoms with van der Waals surface area (Å²) in [6.07, 6.45) is 2.76. The maximum atomic E-state index is 8.53. The number of nitrogens with two attached hydrogens (primary N) is 1. The van der Waals surface area contributed by atoms with Gasteiger partial charge in [0.2, 0.25) is 0 Å². The number of hydrogen-bond acceptors (Lipinski definition) is 3. The zero-order valence-electron chi connectivity index (χ0n) is 5.42. The summed E-state index contributed by atoms with van der Waals surface area (Å²) in [5.74, 6) is 0.488. The molecule has 0 atom stereocenters. The lowest BCUT2D eigenvalue weighted by molar-refractivity contribution is 0.240. The molecule has 3 N–H and O–H groups in total. The summed E-state index contributed by atoms with van der Waals surface area (Å²) in [6.45, 7) is 0. The van der Waals surface area contributed by atoms with Crippen LogP contribution >= 0.6 is 0 Å². The van der Waals surface area contributed by atoms with Crippen molar-refractivity contribution in [3.8, 4) is 0 Å². The smallest absolute Gasteiger partial charge is 0.149 e. The molecule has 0 radical (unpaired) electrons. The third kappa shape index (κ3) is 1.00. The largest absolute Gasteiger partial charge is 0.512 e. The Bertz CT molecular complexity index is 138. The number of aliphatic hydroxyl groups is 1. The van der Waals surface area contributed by atoms with E-state index < -0.39 is 0 Å². The fraction of sp³-hybridized carbons (Fsp3) is 0.667. The van der Waals surface area contributed by atoms with E-state index in [0.717, 1.165) is 19.1 Å². The van der Waals surface area contributed by atoms with Crippen molar-refractivity contribution in [2.45, 2.75) is 18.4 Å². The number of aliphatic hydroxyl groups excluding tert-OH is 1. The zero-order valence-corrected chi connectivity index (χ0v) is 5.42. The van der Waals surface area contributed by atoms with Crippen LogP contribution in [0.25, 0.3) is 0 Å². The summed E-state index contributed by atoms with van der Waals surface area (Å²) in [5.41, 5.74) is 5.31. The molecule has 0 unspecified atom stereocenters. The minimum absolute atomic E-state index is 0.344. The molecule has 0 saturated heterocycles. The molecule has 1 aliphatic rings. The topological polar surface area (TPSA) is 55.5 Å². The first kappa shape index (κ1) is 6.42. The average molecular weight is 129 g/mol. The normalized spacial score (nSPS) is 23.6. The van der Waals surface area contributed by atoms with Gasteiger partial charge in [-0.3, -0.25) is 0 Å². The van der Waals surface area contributed by atoms with Gasteiger partial charge in [-0.25, -0.2) is 0 Å². The number of hydrogen-bond donors (Lipinski definition) is 2. The van der Waals surface area contributed by atoms with Crippen molar-refractivity contribution in [1.29, 1.82) is 0 Å². The molecule has 0 spiro atoms. The first-order valence-corrected chi connectivity index (χ1v) is 2.91. The maximum absolute atomic E-state index is 8.53. The van der Waals surface area contributed by atoms with E-state index in [2.05, 4.69) is 0 Å². The molecule has 9 heavy (non-hydrogen) atoms. The molecule has 0 heterocycles. The van der Waals surface area contributed by atoms with E-state index >= 15 is 0 Å². The highest BCUT2D eigenvalue weighted by Gasteiger charge is 2.43. The van der Waals surface area contributed by atoms with Gasteiger partial charge >= 0.3 is 0 Å². The van der Waals surface area contributed by atoms with Crippen LogP contribution in [-0.4, -0.2) is 17.8 Å². The van der Waals surface area contributed by atoms with Crippen LogP contribution in [0.3, 0.4) is 0 Å². The minimum Gasteiger partial charge on any atom is -0.512 e. The molecule has 3 nitrogen and oxygen atoms in total. The Morgan fingerprint density at radius 2 is 2.33 bits per heavy atom. The molecule has 1 fully saturated rings. The molecule has 52 valence electrons. The summed E-state index contributed by atoms with van der Waals surface area (Å²) < 4.78 is 4.81. The van der Waals surface area contributed by atoms with Gasteiger partial charge in [0.25, 0.3) is 0 Å². The summed E-state index contributed by atoms with van der Waals surface area (Å²) in [4.78, 5) is 0. The van der Waals surface area contributed by atoms with Crippen LogP contribution in [0.5, 0.6) is 0 Å². The molecule has 3 heteroatoms. The van der Waals surface area contributed by atoms with Gasteiger partial charge in [0.05, 0.1) is 12.6 Å².